The Morgan fingerprint density at radius 2 is 2.05 bits per heavy atom. The van der Waals surface area contributed by atoms with Crippen LogP contribution in [0.4, 0.5) is 5.69 Å². The molecule has 0 fully saturated rings. The van der Waals surface area contributed by atoms with Crippen LogP contribution in [0.2, 0.25) is 10.0 Å². The molecule has 1 aromatic rings. The van der Waals surface area contributed by atoms with Gasteiger partial charge in [-0.2, -0.15) is 5.26 Å². The first-order valence-electron chi connectivity index (χ1n) is 5.56. The van der Waals surface area contributed by atoms with Gasteiger partial charge in [0.05, 0.1) is 10.0 Å². The van der Waals surface area contributed by atoms with Crippen molar-refractivity contribution in [1.29, 1.82) is 5.26 Å². The Labute approximate surface area is 122 Å². The van der Waals surface area contributed by atoms with Gasteiger partial charge in [-0.15, -0.1) is 0 Å². The Kier molecular flexibility index (Phi) is 5.68. The number of carbonyl (C=O) groups is 1. The fourth-order valence-electron chi connectivity index (χ4n) is 1.23. The maximum atomic E-state index is 11.6. The highest BCUT2D eigenvalue weighted by Gasteiger charge is 2.09. The minimum atomic E-state index is -0.426. The highest BCUT2D eigenvalue weighted by atomic mass is 35.5. The Hall–Kier alpha value is -1.70. The topological polar surface area (TPSA) is 64.9 Å². The number of amides is 1. The van der Waals surface area contributed by atoms with E-state index in [0.29, 0.717) is 15.7 Å². The minimum absolute atomic E-state index is 0.0141. The monoisotopic (exact) mass is 297 g/mol. The zero-order valence-corrected chi connectivity index (χ0v) is 12.0. The van der Waals surface area contributed by atoms with E-state index in [2.05, 4.69) is 10.6 Å². The fourth-order valence-corrected chi connectivity index (χ4v) is 1.53. The van der Waals surface area contributed by atoms with Crippen LogP contribution in [0.15, 0.2) is 30.0 Å². The lowest BCUT2D eigenvalue weighted by atomic mass is 10.2. The van der Waals surface area contributed by atoms with E-state index in [0.717, 1.165) is 0 Å². The number of carbonyl (C=O) groups excluding carboxylic acids is 1. The van der Waals surface area contributed by atoms with Crippen molar-refractivity contribution in [3.8, 4) is 6.07 Å². The molecule has 0 spiro atoms. The highest BCUT2D eigenvalue weighted by Crippen LogP contribution is 2.25. The van der Waals surface area contributed by atoms with E-state index in [1.165, 1.54) is 6.20 Å². The molecule has 100 valence electrons. The molecule has 19 heavy (non-hydrogen) atoms. The number of hydrogen-bond acceptors (Lipinski definition) is 3. The molecule has 0 bridgehead atoms. The average Bonchev–Trinajstić information content (AvgIpc) is 2.33. The van der Waals surface area contributed by atoms with Gasteiger partial charge < -0.3 is 10.6 Å². The maximum Gasteiger partial charge on any atom is 0.263 e. The van der Waals surface area contributed by atoms with E-state index in [4.69, 9.17) is 28.5 Å². The van der Waals surface area contributed by atoms with Gasteiger partial charge in [0.1, 0.15) is 11.6 Å². The first kappa shape index (κ1) is 15.4. The van der Waals surface area contributed by atoms with Crippen molar-refractivity contribution >= 4 is 34.8 Å². The first-order chi connectivity index (χ1) is 8.93. The summed E-state index contributed by atoms with van der Waals surface area (Å²) in [4.78, 5) is 11.6. The molecule has 0 aliphatic rings. The average molecular weight is 298 g/mol. The van der Waals surface area contributed by atoms with Crippen LogP contribution in [0.3, 0.4) is 0 Å². The zero-order valence-electron chi connectivity index (χ0n) is 10.5. The number of nitriles is 1. The number of nitrogens with one attached hydrogen (secondary N) is 2. The van der Waals surface area contributed by atoms with Crippen LogP contribution >= 0.6 is 23.2 Å². The predicted octanol–water partition coefficient (Wildman–Crippen LogP) is 3.34. The summed E-state index contributed by atoms with van der Waals surface area (Å²) in [7, 11) is 0. The number of benzene rings is 1. The molecule has 0 saturated carbocycles. The van der Waals surface area contributed by atoms with Crippen molar-refractivity contribution in [2.24, 2.45) is 0 Å². The second kappa shape index (κ2) is 7.03. The van der Waals surface area contributed by atoms with Crippen molar-refractivity contribution in [3.63, 3.8) is 0 Å². The molecule has 2 N–H and O–H groups in total. The van der Waals surface area contributed by atoms with E-state index < -0.39 is 5.91 Å². The van der Waals surface area contributed by atoms with E-state index in [1.807, 2.05) is 19.9 Å². The van der Waals surface area contributed by atoms with Gasteiger partial charge in [0.25, 0.3) is 5.91 Å². The number of halogens is 2. The summed E-state index contributed by atoms with van der Waals surface area (Å²) in [5.41, 5.74) is 0.624. The molecular weight excluding hydrogens is 285 g/mol. The van der Waals surface area contributed by atoms with Crippen molar-refractivity contribution in [1.82, 2.24) is 5.32 Å². The molecule has 1 rings (SSSR count). The van der Waals surface area contributed by atoms with Crippen molar-refractivity contribution < 1.29 is 4.79 Å². The van der Waals surface area contributed by atoms with Gasteiger partial charge in [0, 0.05) is 17.9 Å². The molecular formula is C13H13Cl2N3O. The SMILES string of the molecule is CC(C)NC(=O)/C(C#N)=C\Nc1ccc(Cl)c(Cl)c1. The lowest BCUT2D eigenvalue weighted by Crippen LogP contribution is -2.31. The van der Waals surface area contributed by atoms with E-state index in [1.54, 1.807) is 18.2 Å². The Morgan fingerprint density at radius 1 is 1.37 bits per heavy atom. The van der Waals surface area contributed by atoms with Gasteiger partial charge in [-0.1, -0.05) is 23.2 Å². The predicted molar refractivity (Wildman–Crippen MR) is 77.1 cm³/mol. The van der Waals surface area contributed by atoms with Gasteiger partial charge in [-0.05, 0) is 32.0 Å². The lowest BCUT2D eigenvalue weighted by Gasteiger charge is -2.07. The third kappa shape index (κ3) is 4.82. The Balaban J connectivity index is 2.80. The molecule has 0 aliphatic carbocycles. The Morgan fingerprint density at radius 3 is 2.58 bits per heavy atom. The summed E-state index contributed by atoms with van der Waals surface area (Å²) in [6.45, 7) is 3.64. The molecule has 1 aromatic carbocycles. The second-order valence-electron chi connectivity index (χ2n) is 4.07. The van der Waals surface area contributed by atoms with Gasteiger partial charge in [-0.25, -0.2) is 0 Å². The quantitative estimate of drug-likeness (QED) is 0.662. The number of anilines is 1. The summed E-state index contributed by atoms with van der Waals surface area (Å²) < 4.78 is 0. The number of rotatable bonds is 4. The van der Waals surface area contributed by atoms with E-state index in [-0.39, 0.29) is 11.6 Å². The van der Waals surface area contributed by atoms with E-state index >= 15 is 0 Å². The molecule has 0 saturated heterocycles. The van der Waals surface area contributed by atoms with Crippen LogP contribution in [-0.2, 0) is 4.79 Å². The fraction of sp³-hybridized carbons (Fsp3) is 0.231. The summed E-state index contributed by atoms with van der Waals surface area (Å²) in [6, 6.07) is 6.72. The zero-order chi connectivity index (χ0) is 14.4. The van der Waals surface area contributed by atoms with Crippen LogP contribution < -0.4 is 10.6 Å². The smallest absolute Gasteiger partial charge is 0.263 e. The number of nitrogens with zero attached hydrogens (tertiary/aromatic N) is 1. The molecule has 0 atom stereocenters. The molecule has 0 radical (unpaired) electrons. The number of hydrogen-bond donors (Lipinski definition) is 2. The Bertz CT molecular complexity index is 547. The minimum Gasteiger partial charge on any atom is -0.360 e. The van der Waals surface area contributed by atoms with Crippen LogP contribution in [-0.4, -0.2) is 11.9 Å². The molecule has 0 heterocycles. The van der Waals surface area contributed by atoms with Gasteiger partial charge >= 0.3 is 0 Å². The third-order valence-corrected chi connectivity index (χ3v) is 2.83. The van der Waals surface area contributed by atoms with Gasteiger partial charge in [0.15, 0.2) is 0 Å². The summed E-state index contributed by atoms with van der Waals surface area (Å²) in [5.74, 6) is -0.426. The molecule has 1 amide bonds. The standard InChI is InChI=1S/C13H13Cl2N3O/c1-8(2)18-13(19)9(6-16)7-17-10-3-4-11(14)12(15)5-10/h3-5,7-8,17H,1-2H3,(H,18,19)/b9-7-. The largest absolute Gasteiger partial charge is 0.360 e. The molecule has 0 unspecified atom stereocenters. The van der Waals surface area contributed by atoms with Crippen molar-refractivity contribution in [2.75, 3.05) is 5.32 Å². The van der Waals surface area contributed by atoms with Gasteiger partial charge in [0.2, 0.25) is 0 Å². The van der Waals surface area contributed by atoms with Crippen LogP contribution in [0.5, 0.6) is 0 Å². The van der Waals surface area contributed by atoms with Gasteiger partial charge in [-0.3, -0.25) is 4.79 Å². The first-order valence-corrected chi connectivity index (χ1v) is 6.32. The second-order valence-corrected chi connectivity index (χ2v) is 4.89. The van der Waals surface area contributed by atoms with Crippen LogP contribution in [0, 0.1) is 11.3 Å². The van der Waals surface area contributed by atoms with Crippen LogP contribution in [0.1, 0.15) is 13.8 Å². The molecule has 6 heteroatoms. The van der Waals surface area contributed by atoms with Crippen molar-refractivity contribution in [2.45, 2.75) is 19.9 Å². The van der Waals surface area contributed by atoms with Crippen LogP contribution in [0.25, 0.3) is 0 Å². The summed E-state index contributed by atoms with van der Waals surface area (Å²) in [6.07, 6.45) is 1.33. The summed E-state index contributed by atoms with van der Waals surface area (Å²) >= 11 is 11.6. The third-order valence-electron chi connectivity index (χ3n) is 2.09. The lowest BCUT2D eigenvalue weighted by molar-refractivity contribution is -0.117. The highest BCUT2D eigenvalue weighted by molar-refractivity contribution is 6.42. The van der Waals surface area contributed by atoms with E-state index in [9.17, 15) is 4.79 Å². The molecule has 0 aromatic heterocycles. The normalized spacial score (nSPS) is 11.1. The molecule has 0 aliphatic heterocycles. The summed E-state index contributed by atoms with van der Waals surface area (Å²) in [5, 5.41) is 15.2. The molecule has 4 nitrogen and oxygen atoms in total. The van der Waals surface area contributed by atoms with Crippen molar-refractivity contribution in [3.05, 3.63) is 40.0 Å². The maximum absolute atomic E-state index is 11.6.